The van der Waals surface area contributed by atoms with Gasteiger partial charge in [-0.15, -0.1) is 0 Å². The molecular formula is C18H27ClO3. The van der Waals surface area contributed by atoms with Gasteiger partial charge in [0.05, 0.1) is 6.61 Å². The number of benzene rings is 1. The highest BCUT2D eigenvalue weighted by molar-refractivity contribution is 6.32. The number of esters is 1. The third kappa shape index (κ3) is 6.69. The molecule has 0 bridgehead atoms. The van der Waals surface area contributed by atoms with Crippen LogP contribution in [0.5, 0.6) is 5.75 Å². The van der Waals surface area contributed by atoms with Crippen LogP contribution in [0.1, 0.15) is 52.9 Å². The minimum absolute atomic E-state index is 0.343. The van der Waals surface area contributed by atoms with E-state index in [-0.39, 0.29) is 0 Å². The summed E-state index contributed by atoms with van der Waals surface area (Å²) in [7, 11) is 0. The zero-order valence-corrected chi connectivity index (χ0v) is 14.6. The Kier molecular flexibility index (Phi) is 8.32. The fraction of sp³-hybridized carbons (Fsp3) is 0.611. The highest BCUT2D eigenvalue weighted by Gasteiger charge is 2.38. The van der Waals surface area contributed by atoms with Crippen molar-refractivity contribution in [1.82, 2.24) is 0 Å². The van der Waals surface area contributed by atoms with E-state index >= 15 is 0 Å². The second-order valence-electron chi connectivity index (χ2n) is 5.88. The molecule has 0 saturated heterocycles. The Morgan fingerprint density at radius 2 is 1.86 bits per heavy atom. The first-order valence-electron chi connectivity index (χ1n) is 8.08. The van der Waals surface area contributed by atoms with E-state index in [1.165, 1.54) is 6.42 Å². The molecule has 124 valence electrons. The monoisotopic (exact) mass is 326 g/mol. The normalized spacial score (nSPS) is 13.7. The molecule has 0 aliphatic heterocycles. The third-order valence-electron chi connectivity index (χ3n) is 3.44. The van der Waals surface area contributed by atoms with Crippen LogP contribution in [-0.4, -0.2) is 17.6 Å². The summed E-state index contributed by atoms with van der Waals surface area (Å²) in [5, 5.41) is -1.45. The van der Waals surface area contributed by atoms with Crippen molar-refractivity contribution in [3.63, 3.8) is 0 Å². The van der Waals surface area contributed by atoms with E-state index in [4.69, 9.17) is 21.1 Å². The van der Waals surface area contributed by atoms with Crippen molar-refractivity contribution in [2.75, 3.05) is 6.61 Å². The van der Waals surface area contributed by atoms with Crippen molar-refractivity contribution in [2.45, 2.75) is 57.9 Å². The van der Waals surface area contributed by atoms with Gasteiger partial charge in [-0.2, -0.15) is 0 Å². The maximum atomic E-state index is 12.2. The summed E-state index contributed by atoms with van der Waals surface area (Å²) in [5.74, 6) is 0.773. The van der Waals surface area contributed by atoms with Gasteiger partial charge in [-0.25, -0.2) is 4.79 Å². The lowest BCUT2D eigenvalue weighted by Crippen LogP contribution is -2.40. The van der Waals surface area contributed by atoms with Crippen molar-refractivity contribution in [1.29, 1.82) is 0 Å². The number of ether oxygens (including phenoxy) is 2. The van der Waals surface area contributed by atoms with Crippen LogP contribution in [0.15, 0.2) is 30.3 Å². The Balaban J connectivity index is 2.37. The van der Waals surface area contributed by atoms with Crippen molar-refractivity contribution in [3.05, 3.63) is 30.3 Å². The van der Waals surface area contributed by atoms with E-state index in [0.29, 0.717) is 18.8 Å². The van der Waals surface area contributed by atoms with E-state index in [1.54, 1.807) is 19.1 Å². The van der Waals surface area contributed by atoms with Crippen LogP contribution in [0, 0.1) is 5.92 Å². The molecule has 0 aromatic heterocycles. The number of alkyl halides is 1. The Bertz CT molecular complexity index is 433. The second-order valence-corrected chi connectivity index (χ2v) is 6.49. The Hall–Kier alpha value is -1.22. The summed E-state index contributed by atoms with van der Waals surface area (Å²) >= 11 is 6.29. The molecule has 0 saturated carbocycles. The topological polar surface area (TPSA) is 35.5 Å². The van der Waals surface area contributed by atoms with Gasteiger partial charge >= 0.3 is 5.97 Å². The summed E-state index contributed by atoms with van der Waals surface area (Å²) in [6.07, 6.45) is 4.64. The molecule has 1 aromatic rings. The highest BCUT2D eigenvalue weighted by atomic mass is 35.5. The average Bonchev–Trinajstić information content (AvgIpc) is 2.51. The predicted molar refractivity (Wildman–Crippen MR) is 90.2 cm³/mol. The number of para-hydroxylation sites is 1. The van der Waals surface area contributed by atoms with Crippen molar-refractivity contribution in [2.24, 2.45) is 5.92 Å². The zero-order chi connectivity index (χ0) is 16.4. The number of carbonyl (C=O) groups is 1. The largest absolute Gasteiger partial charge is 0.462 e. The molecule has 0 aliphatic carbocycles. The minimum Gasteiger partial charge on any atom is -0.462 e. The fourth-order valence-corrected chi connectivity index (χ4v) is 2.18. The lowest BCUT2D eigenvalue weighted by Gasteiger charge is -2.24. The molecule has 0 amide bonds. The maximum absolute atomic E-state index is 12.2. The Morgan fingerprint density at radius 3 is 2.45 bits per heavy atom. The van der Waals surface area contributed by atoms with Crippen molar-refractivity contribution in [3.8, 4) is 5.75 Å². The van der Waals surface area contributed by atoms with Crippen LogP contribution in [0.3, 0.4) is 0 Å². The van der Waals surface area contributed by atoms with Gasteiger partial charge in [0.1, 0.15) is 5.75 Å². The highest BCUT2D eigenvalue weighted by Crippen LogP contribution is 2.26. The van der Waals surface area contributed by atoms with E-state index in [1.807, 2.05) is 18.2 Å². The molecule has 4 heteroatoms. The first-order chi connectivity index (χ1) is 10.5. The van der Waals surface area contributed by atoms with Gasteiger partial charge < -0.3 is 9.47 Å². The van der Waals surface area contributed by atoms with Crippen LogP contribution in [0.2, 0.25) is 0 Å². The van der Waals surface area contributed by atoms with E-state index in [9.17, 15) is 4.79 Å². The summed E-state index contributed by atoms with van der Waals surface area (Å²) in [6.45, 7) is 6.62. The summed E-state index contributed by atoms with van der Waals surface area (Å²) in [6, 6.07) is 9.09. The predicted octanol–water partition coefficient (Wildman–Crippen LogP) is 5.17. The molecule has 0 spiro atoms. The third-order valence-corrected chi connectivity index (χ3v) is 3.94. The first kappa shape index (κ1) is 18.8. The molecule has 0 heterocycles. The van der Waals surface area contributed by atoms with Crippen LogP contribution in [-0.2, 0) is 9.53 Å². The van der Waals surface area contributed by atoms with Gasteiger partial charge in [0.15, 0.2) is 0 Å². The number of unbranched alkanes of at least 4 members (excludes halogenated alkanes) is 2. The van der Waals surface area contributed by atoms with Gasteiger partial charge in [-0.1, -0.05) is 69.8 Å². The summed E-state index contributed by atoms with van der Waals surface area (Å²) in [4.78, 5) is 12.2. The van der Waals surface area contributed by atoms with Gasteiger partial charge in [-0.05, 0) is 24.5 Å². The quantitative estimate of drug-likeness (QED) is 0.338. The van der Waals surface area contributed by atoms with Crippen molar-refractivity contribution >= 4 is 17.6 Å². The van der Waals surface area contributed by atoms with Crippen LogP contribution in [0.25, 0.3) is 0 Å². The van der Waals surface area contributed by atoms with E-state index in [0.717, 1.165) is 25.2 Å². The van der Waals surface area contributed by atoms with Crippen LogP contribution in [0.4, 0.5) is 0 Å². The standard InChI is InChI=1S/C18H27ClO3/c1-4-18(19,22-16-12-8-5-9-13-16)17(20)21-14-10-6-7-11-15(2)3/h5,8-9,12-13,15H,4,6-7,10-11,14H2,1-3H3. The van der Waals surface area contributed by atoms with Gasteiger partial charge in [0.25, 0.3) is 5.06 Å². The summed E-state index contributed by atoms with van der Waals surface area (Å²) < 4.78 is 10.9. The fourth-order valence-electron chi connectivity index (χ4n) is 2.04. The molecular weight excluding hydrogens is 300 g/mol. The molecule has 0 fully saturated rings. The number of halogens is 1. The van der Waals surface area contributed by atoms with Crippen LogP contribution < -0.4 is 4.74 Å². The molecule has 22 heavy (non-hydrogen) atoms. The molecule has 0 aliphatic rings. The molecule has 1 aromatic carbocycles. The average molecular weight is 327 g/mol. The molecule has 0 N–H and O–H groups in total. The number of hydrogen-bond acceptors (Lipinski definition) is 3. The minimum atomic E-state index is -1.45. The second kappa shape index (κ2) is 9.73. The lowest BCUT2D eigenvalue weighted by molar-refractivity contribution is -0.155. The number of carbonyl (C=O) groups excluding carboxylic acids is 1. The van der Waals surface area contributed by atoms with Crippen molar-refractivity contribution < 1.29 is 14.3 Å². The molecule has 1 rings (SSSR count). The lowest BCUT2D eigenvalue weighted by atomic mass is 10.1. The zero-order valence-electron chi connectivity index (χ0n) is 13.8. The van der Waals surface area contributed by atoms with Gasteiger partial charge in [-0.3, -0.25) is 0 Å². The summed E-state index contributed by atoms with van der Waals surface area (Å²) in [5.41, 5.74) is 0. The maximum Gasteiger partial charge on any atom is 0.366 e. The Morgan fingerprint density at radius 1 is 1.18 bits per heavy atom. The molecule has 0 radical (unpaired) electrons. The van der Waals surface area contributed by atoms with Gasteiger partial charge in [0, 0.05) is 6.42 Å². The number of hydrogen-bond donors (Lipinski definition) is 0. The SMILES string of the molecule is CCC(Cl)(Oc1ccccc1)C(=O)OCCCCCC(C)C. The van der Waals surface area contributed by atoms with E-state index < -0.39 is 11.0 Å². The smallest absolute Gasteiger partial charge is 0.366 e. The molecule has 1 atom stereocenters. The molecule has 1 unspecified atom stereocenters. The number of rotatable bonds is 10. The van der Waals surface area contributed by atoms with E-state index in [2.05, 4.69) is 13.8 Å². The first-order valence-corrected chi connectivity index (χ1v) is 8.46. The van der Waals surface area contributed by atoms with Gasteiger partial charge in [0.2, 0.25) is 0 Å². The molecule has 3 nitrogen and oxygen atoms in total. The van der Waals surface area contributed by atoms with Crippen LogP contribution >= 0.6 is 11.6 Å². The Labute approximate surface area is 139 Å².